The fourth-order valence-electron chi connectivity index (χ4n) is 2.11. The maximum Gasteiger partial charge on any atom is 0.235 e. The molecule has 0 bridgehead atoms. The van der Waals surface area contributed by atoms with E-state index in [4.69, 9.17) is 0 Å². The van der Waals surface area contributed by atoms with Gasteiger partial charge in [0.05, 0.1) is 12.2 Å². The van der Waals surface area contributed by atoms with Gasteiger partial charge in [-0.25, -0.2) is 0 Å². The molecule has 0 atom stereocenters. The minimum absolute atomic E-state index is 0. The van der Waals surface area contributed by atoms with Crippen molar-refractivity contribution in [2.45, 2.75) is 18.5 Å². The zero-order chi connectivity index (χ0) is 8.60. The van der Waals surface area contributed by atoms with Gasteiger partial charge < -0.3 is 10.6 Å². The number of amides is 1. The Morgan fingerprint density at radius 2 is 1.86 bits per heavy atom. The van der Waals surface area contributed by atoms with Crippen LogP contribution in [0.4, 0.5) is 0 Å². The molecule has 2 saturated heterocycles. The number of carbonyl (C=O) groups excluding carboxylic acids is 1. The van der Waals surface area contributed by atoms with Crippen LogP contribution >= 0.6 is 24.8 Å². The van der Waals surface area contributed by atoms with Crippen LogP contribution in [0.3, 0.4) is 0 Å². The van der Waals surface area contributed by atoms with Gasteiger partial charge in [-0.15, -0.1) is 24.8 Å². The number of piperidine rings is 1. The molecule has 2 heterocycles. The zero-order valence-corrected chi connectivity index (χ0v) is 9.84. The Kier molecular flexibility index (Phi) is 5.15. The standard InChI is InChI=1S/C8H15N3O.2ClH/c1-11-6-7(12)10-8(11)2-4-9-5-3-8;;/h9H,2-6H2,1H3,(H,10,12);2*1H. The van der Waals surface area contributed by atoms with Crippen LogP contribution in [0, 0.1) is 0 Å². The Hall–Kier alpha value is -0.0300. The van der Waals surface area contributed by atoms with Crippen molar-refractivity contribution in [2.75, 3.05) is 26.7 Å². The molecule has 4 nitrogen and oxygen atoms in total. The molecule has 1 amide bonds. The van der Waals surface area contributed by atoms with Crippen LogP contribution in [0.2, 0.25) is 0 Å². The fraction of sp³-hybridized carbons (Fsp3) is 0.875. The van der Waals surface area contributed by atoms with Gasteiger partial charge in [-0.1, -0.05) is 0 Å². The molecule has 0 saturated carbocycles. The molecule has 2 rings (SSSR count). The SMILES string of the molecule is CN1CC(=O)NC12CCNCC2.Cl.Cl. The Balaban J connectivity index is 0.000000845. The third-order valence-corrected chi connectivity index (χ3v) is 2.91. The Morgan fingerprint density at radius 1 is 1.29 bits per heavy atom. The fourth-order valence-corrected chi connectivity index (χ4v) is 2.11. The quantitative estimate of drug-likeness (QED) is 0.627. The van der Waals surface area contributed by atoms with E-state index < -0.39 is 0 Å². The van der Waals surface area contributed by atoms with Crippen LogP contribution in [0.25, 0.3) is 0 Å². The van der Waals surface area contributed by atoms with Crippen LogP contribution in [0.15, 0.2) is 0 Å². The number of carbonyl (C=O) groups is 1. The monoisotopic (exact) mass is 241 g/mol. The van der Waals surface area contributed by atoms with Crippen LogP contribution in [0.5, 0.6) is 0 Å². The molecule has 0 aliphatic carbocycles. The third kappa shape index (κ3) is 2.31. The number of nitrogens with zero attached hydrogens (tertiary/aromatic N) is 1. The van der Waals surface area contributed by atoms with E-state index in [1.54, 1.807) is 0 Å². The molecule has 2 aliphatic heterocycles. The Labute approximate surface area is 96.6 Å². The number of likely N-dealkylation sites (N-methyl/N-ethyl adjacent to an activating group) is 1. The molecular weight excluding hydrogens is 225 g/mol. The van der Waals surface area contributed by atoms with E-state index >= 15 is 0 Å². The average molecular weight is 242 g/mol. The molecule has 0 aromatic heterocycles. The zero-order valence-electron chi connectivity index (χ0n) is 8.21. The summed E-state index contributed by atoms with van der Waals surface area (Å²) >= 11 is 0. The summed E-state index contributed by atoms with van der Waals surface area (Å²) in [4.78, 5) is 13.3. The highest BCUT2D eigenvalue weighted by atomic mass is 35.5. The number of hydrogen-bond acceptors (Lipinski definition) is 3. The minimum atomic E-state index is -0.0255. The Bertz CT molecular complexity index is 207. The topological polar surface area (TPSA) is 44.4 Å². The van der Waals surface area contributed by atoms with Gasteiger partial charge in [0, 0.05) is 0 Å². The van der Waals surface area contributed by atoms with Gasteiger partial charge in [-0.3, -0.25) is 9.69 Å². The molecule has 2 aliphatic rings. The number of nitrogens with one attached hydrogen (secondary N) is 2. The second-order valence-electron chi connectivity index (χ2n) is 3.69. The molecule has 2 fully saturated rings. The lowest BCUT2D eigenvalue weighted by Crippen LogP contribution is -2.56. The molecule has 6 heteroatoms. The first-order valence-electron chi connectivity index (χ1n) is 4.46. The maximum atomic E-state index is 11.2. The van der Waals surface area contributed by atoms with Gasteiger partial charge in [0.1, 0.15) is 0 Å². The molecule has 0 aromatic carbocycles. The predicted molar refractivity (Wildman–Crippen MR) is 60.1 cm³/mol. The van der Waals surface area contributed by atoms with E-state index in [2.05, 4.69) is 15.5 Å². The molecule has 2 N–H and O–H groups in total. The lowest BCUT2D eigenvalue weighted by atomic mass is 9.98. The minimum Gasteiger partial charge on any atom is -0.337 e. The molecular formula is C8H17Cl2N3O. The summed E-state index contributed by atoms with van der Waals surface area (Å²) in [6, 6.07) is 0. The van der Waals surface area contributed by atoms with Gasteiger partial charge >= 0.3 is 0 Å². The highest BCUT2D eigenvalue weighted by Crippen LogP contribution is 2.25. The number of hydrogen-bond donors (Lipinski definition) is 2. The van der Waals surface area contributed by atoms with E-state index in [1.165, 1.54) is 0 Å². The average Bonchev–Trinajstić information content (AvgIpc) is 2.29. The molecule has 14 heavy (non-hydrogen) atoms. The lowest BCUT2D eigenvalue weighted by molar-refractivity contribution is -0.119. The van der Waals surface area contributed by atoms with Crippen molar-refractivity contribution >= 4 is 30.7 Å². The first kappa shape index (κ1) is 14.0. The summed E-state index contributed by atoms with van der Waals surface area (Å²) in [6.45, 7) is 2.56. The van der Waals surface area contributed by atoms with E-state index in [0.717, 1.165) is 25.9 Å². The van der Waals surface area contributed by atoms with Crippen molar-refractivity contribution in [1.82, 2.24) is 15.5 Å². The van der Waals surface area contributed by atoms with Crippen molar-refractivity contribution in [1.29, 1.82) is 0 Å². The smallest absolute Gasteiger partial charge is 0.235 e. The van der Waals surface area contributed by atoms with Crippen LogP contribution in [-0.2, 0) is 4.79 Å². The van der Waals surface area contributed by atoms with Crippen LogP contribution < -0.4 is 10.6 Å². The highest BCUT2D eigenvalue weighted by molar-refractivity contribution is 5.85. The molecule has 84 valence electrons. The normalized spacial score (nSPS) is 25.1. The second kappa shape index (κ2) is 5.16. The van der Waals surface area contributed by atoms with Gasteiger partial charge in [0.15, 0.2) is 0 Å². The largest absolute Gasteiger partial charge is 0.337 e. The van der Waals surface area contributed by atoms with Crippen LogP contribution in [0.1, 0.15) is 12.8 Å². The summed E-state index contributed by atoms with van der Waals surface area (Å²) in [6.07, 6.45) is 2.05. The molecule has 0 radical (unpaired) electrons. The molecule has 0 unspecified atom stereocenters. The van der Waals surface area contributed by atoms with Crippen molar-refractivity contribution in [3.8, 4) is 0 Å². The summed E-state index contributed by atoms with van der Waals surface area (Å²) in [5.74, 6) is 0.166. The highest BCUT2D eigenvalue weighted by Gasteiger charge is 2.42. The summed E-state index contributed by atoms with van der Waals surface area (Å²) in [5, 5.41) is 6.36. The van der Waals surface area contributed by atoms with Gasteiger partial charge in [0.2, 0.25) is 5.91 Å². The van der Waals surface area contributed by atoms with E-state index in [-0.39, 0.29) is 36.4 Å². The molecule has 0 aromatic rings. The predicted octanol–water partition coefficient (Wildman–Crippen LogP) is -0.0287. The first-order valence-corrected chi connectivity index (χ1v) is 4.46. The van der Waals surface area contributed by atoms with Crippen LogP contribution in [-0.4, -0.2) is 43.2 Å². The Morgan fingerprint density at radius 3 is 2.29 bits per heavy atom. The van der Waals surface area contributed by atoms with Crippen molar-refractivity contribution in [2.24, 2.45) is 0 Å². The van der Waals surface area contributed by atoms with Gasteiger partial charge in [-0.05, 0) is 33.0 Å². The summed E-state index contributed by atoms with van der Waals surface area (Å²) in [5.41, 5.74) is -0.0255. The first-order chi connectivity index (χ1) is 5.73. The van der Waals surface area contributed by atoms with E-state index in [0.29, 0.717) is 6.54 Å². The van der Waals surface area contributed by atoms with Crippen molar-refractivity contribution < 1.29 is 4.79 Å². The second-order valence-corrected chi connectivity index (χ2v) is 3.69. The third-order valence-electron chi connectivity index (χ3n) is 2.91. The van der Waals surface area contributed by atoms with Gasteiger partial charge in [-0.2, -0.15) is 0 Å². The van der Waals surface area contributed by atoms with Crippen molar-refractivity contribution in [3.63, 3.8) is 0 Å². The maximum absolute atomic E-state index is 11.2. The van der Waals surface area contributed by atoms with Gasteiger partial charge in [0.25, 0.3) is 0 Å². The lowest BCUT2D eigenvalue weighted by Gasteiger charge is -2.38. The summed E-state index contributed by atoms with van der Waals surface area (Å²) in [7, 11) is 2.02. The van der Waals surface area contributed by atoms with E-state index in [1.807, 2.05) is 7.05 Å². The number of rotatable bonds is 0. The number of halogens is 2. The van der Waals surface area contributed by atoms with E-state index in [9.17, 15) is 4.79 Å². The molecule has 1 spiro atoms. The summed E-state index contributed by atoms with van der Waals surface area (Å²) < 4.78 is 0. The van der Waals surface area contributed by atoms with Crippen molar-refractivity contribution in [3.05, 3.63) is 0 Å².